The monoisotopic (exact) mass is 450 g/mol. The summed E-state index contributed by atoms with van der Waals surface area (Å²) >= 11 is 6.20. The quantitative estimate of drug-likeness (QED) is 0.662. The number of amides is 1. The molecule has 2 aromatic carbocycles. The van der Waals surface area contributed by atoms with E-state index in [1.165, 1.54) is 28.4 Å². The lowest BCUT2D eigenvalue weighted by atomic mass is 10.1. The van der Waals surface area contributed by atoms with Crippen LogP contribution in [0.4, 0.5) is 0 Å². The minimum Gasteiger partial charge on any atom is -0.495 e. The zero-order chi connectivity index (χ0) is 21.9. The maximum Gasteiger partial charge on any atom is 0.253 e. The first kappa shape index (κ1) is 22.6. The smallest absolute Gasteiger partial charge is 0.253 e. The highest BCUT2D eigenvalue weighted by Gasteiger charge is 2.33. The second-order valence-electron chi connectivity index (χ2n) is 7.58. The van der Waals surface area contributed by atoms with Crippen LogP contribution in [0.2, 0.25) is 5.02 Å². The lowest BCUT2D eigenvalue weighted by Gasteiger charge is -2.32. The van der Waals surface area contributed by atoms with E-state index in [4.69, 9.17) is 16.3 Å². The lowest BCUT2D eigenvalue weighted by molar-refractivity contribution is 0.0785. The molecule has 3 rings (SSSR count). The number of halogens is 1. The van der Waals surface area contributed by atoms with Crippen molar-refractivity contribution in [3.05, 3.63) is 58.6 Å². The van der Waals surface area contributed by atoms with Crippen molar-refractivity contribution >= 4 is 27.5 Å². The summed E-state index contributed by atoms with van der Waals surface area (Å²) in [6.07, 6.45) is 2.65. The molecule has 30 heavy (non-hydrogen) atoms. The van der Waals surface area contributed by atoms with Crippen LogP contribution in [0, 0.1) is 0 Å². The summed E-state index contributed by atoms with van der Waals surface area (Å²) < 4.78 is 33.5. The molecule has 1 aliphatic heterocycles. The molecule has 1 atom stereocenters. The Balaban J connectivity index is 1.92. The molecule has 1 fully saturated rings. The van der Waals surface area contributed by atoms with Gasteiger partial charge in [-0.25, -0.2) is 8.42 Å². The number of carbonyl (C=O) groups excluding carboxylic acids is 1. The Labute approximate surface area is 183 Å². The second-order valence-corrected chi connectivity index (χ2v) is 9.84. The number of hydrogen-bond donors (Lipinski definition) is 0. The van der Waals surface area contributed by atoms with Gasteiger partial charge in [0, 0.05) is 36.8 Å². The van der Waals surface area contributed by atoms with Crippen molar-refractivity contribution in [1.29, 1.82) is 0 Å². The van der Waals surface area contributed by atoms with Crippen molar-refractivity contribution in [3.8, 4) is 5.75 Å². The molecule has 0 radical (unpaired) electrons. The van der Waals surface area contributed by atoms with E-state index in [9.17, 15) is 13.2 Å². The molecule has 0 N–H and O–H groups in total. The molecule has 0 aromatic heterocycles. The maximum absolute atomic E-state index is 13.4. The van der Waals surface area contributed by atoms with E-state index in [-0.39, 0.29) is 28.2 Å². The van der Waals surface area contributed by atoms with Gasteiger partial charge >= 0.3 is 0 Å². The molecule has 2 aromatic rings. The van der Waals surface area contributed by atoms with Gasteiger partial charge in [0.1, 0.15) is 10.6 Å². The minimum absolute atomic E-state index is 0.0238. The predicted octanol–water partition coefficient (Wildman–Crippen LogP) is 4.18. The van der Waals surface area contributed by atoms with E-state index in [0.29, 0.717) is 18.1 Å². The van der Waals surface area contributed by atoms with Crippen LogP contribution in [0.1, 0.15) is 42.1 Å². The third-order valence-electron chi connectivity index (χ3n) is 5.45. The van der Waals surface area contributed by atoms with Crippen LogP contribution in [0.15, 0.2) is 47.4 Å². The number of nitrogens with zero attached hydrogens (tertiary/aromatic N) is 2. The number of ether oxygens (including phenoxy) is 1. The van der Waals surface area contributed by atoms with E-state index in [0.717, 1.165) is 24.8 Å². The predicted molar refractivity (Wildman–Crippen MR) is 117 cm³/mol. The van der Waals surface area contributed by atoms with Gasteiger partial charge in [0.15, 0.2) is 0 Å². The summed E-state index contributed by atoms with van der Waals surface area (Å²) in [5.41, 5.74) is 1.10. The number of hydrogen-bond acceptors (Lipinski definition) is 4. The molecule has 0 aliphatic carbocycles. The molecular formula is C22H27ClN2O4S. The maximum atomic E-state index is 13.4. The summed E-state index contributed by atoms with van der Waals surface area (Å²) in [4.78, 5) is 14.6. The van der Waals surface area contributed by atoms with Gasteiger partial charge in [-0.1, -0.05) is 36.2 Å². The van der Waals surface area contributed by atoms with Gasteiger partial charge in [-0.15, -0.1) is 0 Å². The number of piperidine rings is 1. The highest BCUT2D eigenvalue weighted by molar-refractivity contribution is 7.89. The molecule has 8 heteroatoms. The van der Waals surface area contributed by atoms with Gasteiger partial charge in [0.25, 0.3) is 5.91 Å². The van der Waals surface area contributed by atoms with Crippen molar-refractivity contribution in [2.24, 2.45) is 0 Å². The molecular weight excluding hydrogens is 424 g/mol. The van der Waals surface area contributed by atoms with Crippen molar-refractivity contribution in [2.45, 2.75) is 43.7 Å². The molecule has 1 unspecified atom stereocenters. The molecule has 1 heterocycles. The fraction of sp³-hybridized carbons (Fsp3) is 0.409. The van der Waals surface area contributed by atoms with Crippen molar-refractivity contribution in [3.63, 3.8) is 0 Å². The van der Waals surface area contributed by atoms with Crippen LogP contribution in [0.5, 0.6) is 5.75 Å². The Morgan fingerprint density at radius 2 is 1.97 bits per heavy atom. The first-order chi connectivity index (χ1) is 14.3. The Kier molecular flexibility index (Phi) is 7.06. The number of rotatable bonds is 6. The van der Waals surface area contributed by atoms with E-state index in [1.54, 1.807) is 19.2 Å². The molecule has 0 saturated carbocycles. The molecule has 6 nitrogen and oxygen atoms in total. The largest absolute Gasteiger partial charge is 0.495 e. The third-order valence-corrected chi connectivity index (χ3v) is 7.85. The second kappa shape index (κ2) is 9.37. The van der Waals surface area contributed by atoms with Gasteiger partial charge in [-0.05, 0) is 49.6 Å². The summed E-state index contributed by atoms with van der Waals surface area (Å²) in [7, 11) is -0.692. The Bertz CT molecular complexity index is 1030. The minimum atomic E-state index is -3.78. The zero-order valence-corrected chi connectivity index (χ0v) is 19.0. The fourth-order valence-electron chi connectivity index (χ4n) is 3.74. The third kappa shape index (κ3) is 4.63. The van der Waals surface area contributed by atoms with E-state index in [1.807, 2.05) is 25.1 Å². The van der Waals surface area contributed by atoms with Gasteiger partial charge < -0.3 is 9.64 Å². The zero-order valence-electron chi connectivity index (χ0n) is 17.5. The normalized spacial score (nSPS) is 17.5. The summed E-state index contributed by atoms with van der Waals surface area (Å²) in [6.45, 7) is 2.70. The topological polar surface area (TPSA) is 66.9 Å². The standard InChI is InChI=1S/C22H27ClN2O4S/c1-16-8-6-7-13-25(16)30(27,28)21-14-17(11-12-20(21)29-3)22(26)24(2)15-18-9-4-5-10-19(18)23/h4-5,9-12,14,16H,6-8,13,15H2,1-3H3. The van der Waals surface area contributed by atoms with Gasteiger partial charge in [-0.3, -0.25) is 4.79 Å². The van der Waals surface area contributed by atoms with Gasteiger partial charge in [0.05, 0.1) is 7.11 Å². The average molecular weight is 451 g/mol. The molecule has 1 saturated heterocycles. The van der Waals surface area contributed by atoms with E-state index >= 15 is 0 Å². The highest BCUT2D eigenvalue weighted by atomic mass is 35.5. The van der Waals surface area contributed by atoms with Crippen LogP contribution in [0.3, 0.4) is 0 Å². The molecule has 1 aliphatic rings. The van der Waals surface area contributed by atoms with Crippen LogP contribution in [-0.2, 0) is 16.6 Å². The average Bonchev–Trinajstić information content (AvgIpc) is 2.74. The SMILES string of the molecule is COc1ccc(C(=O)N(C)Cc2ccccc2Cl)cc1S(=O)(=O)N1CCCCC1C. The molecule has 0 spiro atoms. The Morgan fingerprint density at radius 3 is 2.63 bits per heavy atom. The lowest BCUT2D eigenvalue weighted by Crippen LogP contribution is -2.42. The van der Waals surface area contributed by atoms with Gasteiger partial charge in [-0.2, -0.15) is 4.31 Å². The van der Waals surface area contributed by atoms with E-state index < -0.39 is 10.0 Å². The molecule has 162 valence electrons. The number of benzene rings is 2. The number of carbonyl (C=O) groups is 1. The highest BCUT2D eigenvalue weighted by Crippen LogP contribution is 2.32. The summed E-state index contributed by atoms with van der Waals surface area (Å²) in [6, 6.07) is 11.8. The van der Waals surface area contributed by atoms with Crippen LogP contribution in [-0.4, -0.2) is 50.3 Å². The summed E-state index contributed by atoms with van der Waals surface area (Å²) in [5, 5.41) is 0.578. The first-order valence-electron chi connectivity index (χ1n) is 9.94. The van der Waals surface area contributed by atoms with Crippen molar-refractivity contribution in [1.82, 2.24) is 9.21 Å². The van der Waals surface area contributed by atoms with Crippen LogP contribution < -0.4 is 4.74 Å². The molecule has 1 amide bonds. The van der Waals surface area contributed by atoms with E-state index in [2.05, 4.69) is 0 Å². The molecule has 0 bridgehead atoms. The van der Waals surface area contributed by atoms with Crippen molar-refractivity contribution in [2.75, 3.05) is 20.7 Å². The van der Waals surface area contributed by atoms with Crippen LogP contribution in [0.25, 0.3) is 0 Å². The summed E-state index contributed by atoms with van der Waals surface area (Å²) in [5.74, 6) is -0.0567. The number of methoxy groups -OCH3 is 1. The van der Waals surface area contributed by atoms with Crippen LogP contribution >= 0.6 is 11.6 Å². The van der Waals surface area contributed by atoms with Gasteiger partial charge in [0.2, 0.25) is 10.0 Å². The number of sulfonamides is 1. The Morgan fingerprint density at radius 1 is 1.23 bits per heavy atom. The first-order valence-corrected chi connectivity index (χ1v) is 11.8. The Hall–Kier alpha value is -2.09. The van der Waals surface area contributed by atoms with Crippen molar-refractivity contribution < 1.29 is 17.9 Å². The fourth-order valence-corrected chi connectivity index (χ4v) is 5.82.